The van der Waals surface area contributed by atoms with Gasteiger partial charge in [0.15, 0.2) is 0 Å². The van der Waals surface area contributed by atoms with Crippen molar-refractivity contribution in [1.82, 2.24) is 10.6 Å². The van der Waals surface area contributed by atoms with Crippen molar-refractivity contribution in [2.45, 2.75) is 19.8 Å². The van der Waals surface area contributed by atoms with Crippen LogP contribution >= 0.6 is 0 Å². The summed E-state index contributed by atoms with van der Waals surface area (Å²) in [7, 11) is 0. The summed E-state index contributed by atoms with van der Waals surface area (Å²) in [5.41, 5.74) is 0. The topological polar surface area (TPSA) is 87.7 Å². The minimum absolute atomic E-state index is 0.193. The van der Waals surface area contributed by atoms with Gasteiger partial charge in [0.05, 0.1) is 0 Å². The van der Waals surface area contributed by atoms with Crippen LogP contribution in [0.5, 0.6) is 0 Å². The number of hydrogen-bond acceptors (Lipinski definition) is 4. The fourth-order valence-corrected chi connectivity index (χ4v) is 0.663. The Morgan fingerprint density at radius 1 is 1.22 bits per heavy atom. The molecule has 0 saturated carbocycles. The lowest BCUT2D eigenvalue weighted by atomic mass is 10.4. The summed E-state index contributed by atoms with van der Waals surface area (Å²) < 4.78 is 5.07. The molecule has 0 aliphatic rings. The van der Waals surface area contributed by atoms with Gasteiger partial charge in [-0.05, 0) is 18.6 Å². The molecular formula is C12H22N2O4. The summed E-state index contributed by atoms with van der Waals surface area (Å²) in [4.78, 5) is 20.6. The fourth-order valence-electron chi connectivity index (χ4n) is 0.663. The second kappa shape index (κ2) is 15.3. The van der Waals surface area contributed by atoms with Crippen LogP contribution in [0, 0.1) is 0 Å². The van der Waals surface area contributed by atoms with Crippen LogP contribution in [0.4, 0.5) is 0 Å². The molecule has 3 N–H and O–H groups in total. The molecule has 0 aromatic rings. The number of unbranched alkanes of at least 4 members (excludes halogenated alkanes) is 1. The Kier molecular flexibility index (Phi) is 15.9. The summed E-state index contributed by atoms with van der Waals surface area (Å²) >= 11 is 0. The smallest absolute Gasteiger partial charge is 0.245 e. The average Bonchev–Trinajstić information content (AvgIpc) is 2.39. The molecule has 6 nitrogen and oxygen atoms in total. The van der Waals surface area contributed by atoms with Gasteiger partial charge in [-0.2, -0.15) is 0 Å². The molecule has 0 fully saturated rings. The predicted octanol–water partition coefficient (Wildman–Crippen LogP) is 0.301. The second-order valence-electron chi connectivity index (χ2n) is 3.05. The normalized spacial score (nSPS) is 8.56. The van der Waals surface area contributed by atoms with Crippen LogP contribution in [0.25, 0.3) is 0 Å². The molecule has 104 valence electrons. The van der Waals surface area contributed by atoms with Crippen LogP contribution in [-0.2, 0) is 14.3 Å². The molecule has 2 amide bonds. The third-order valence-electron chi connectivity index (χ3n) is 1.61. The number of ether oxygens (including phenoxy) is 1. The average molecular weight is 258 g/mol. The lowest BCUT2D eigenvalue weighted by Gasteiger charge is -2.02. The maximum Gasteiger partial charge on any atom is 0.245 e. The minimum atomic E-state index is -0.359. The zero-order valence-corrected chi connectivity index (χ0v) is 10.8. The van der Waals surface area contributed by atoms with Crippen LogP contribution in [0.2, 0.25) is 0 Å². The van der Waals surface area contributed by atoms with Gasteiger partial charge < -0.3 is 20.5 Å². The van der Waals surface area contributed by atoms with E-state index in [0.29, 0.717) is 6.61 Å². The molecular weight excluding hydrogens is 236 g/mol. The first-order valence-electron chi connectivity index (χ1n) is 5.61. The van der Waals surface area contributed by atoms with Crippen LogP contribution < -0.4 is 10.6 Å². The molecule has 0 bridgehead atoms. The van der Waals surface area contributed by atoms with Gasteiger partial charge in [-0.1, -0.05) is 26.5 Å². The van der Waals surface area contributed by atoms with Gasteiger partial charge >= 0.3 is 0 Å². The Balaban J connectivity index is 0. The number of carbonyl (C=O) groups excluding carboxylic acids is 2. The van der Waals surface area contributed by atoms with Crippen molar-refractivity contribution >= 4 is 11.8 Å². The van der Waals surface area contributed by atoms with Crippen LogP contribution in [0.3, 0.4) is 0 Å². The van der Waals surface area contributed by atoms with Gasteiger partial charge in [-0.15, -0.1) is 0 Å². The standard InChI is InChI=1S/C8H15NO2.C4H7NO2/c1-3-5-6-11-7-9-8(10)4-2;1-2-4(7)5-3-6/h4H,2-3,5-7H2,1H3,(H,9,10);2,6H,1,3H2,(H,5,7). The van der Waals surface area contributed by atoms with Crippen LogP contribution in [0.1, 0.15) is 19.8 Å². The highest BCUT2D eigenvalue weighted by Gasteiger charge is 1.90. The van der Waals surface area contributed by atoms with E-state index in [1.165, 1.54) is 6.08 Å². The van der Waals surface area contributed by atoms with Crippen molar-refractivity contribution in [2.75, 3.05) is 20.1 Å². The van der Waals surface area contributed by atoms with Crippen LogP contribution in [0.15, 0.2) is 25.3 Å². The Labute approximate surface area is 108 Å². The molecule has 0 unspecified atom stereocenters. The minimum Gasteiger partial charge on any atom is -0.376 e. The molecule has 0 spiro atoms. The van der Waals surface area contributed by atoms with Crippen molar-refractivity contribution in [3.8, 4) is 0 Å². The molecule has 0 aliphatic heterocycles. The van der Waals surface area contributed by atoms with E-state index in [1.54, 1.807) is 0 Å². The molecule has 0 heterocycles. The van der Waals surface area contributed by atoms with E-state index in [9.17, 15) is 9.59 Å². The van der Waals surface area contributed by atoms with Crippen molar-refractivity contribution in [3.05, 3.63) is 25.3 Å². The monoisotopic (exact) mass is 258 g/mol. The molecule has 0 atom stereocenters. The lowest BCUT2D eigenvalue weighted by molar-refractivity contribution is -0.118. The van der Waals surface area contributed by atoms with Crippen molar-refractivity contribution < 1.29 is 19.4 Å². The molecule has 0 radical (unpaired) electrons. The Morgan fingerprint density at radius 2 is 1.78 bits per heavy atom. The van der Waals surface area contributed by atoms with E-state index in [4.69, 9.17) is 9.84 Å². The highest BCUT2D eigenvalue weighted by Crippen LogP contribution is 1.85. The SMILES string of the molecule is C=CC(=O)NCO.C=CC(=O)NCOCCCC. The third-order valence-corrected chi connectivity index (χ3v) is 1.61. The number of carbonyl (C=O) groups is 2. The van der Waals surface area contributed by atoms with Crippen molar-refractivity contribution in [3.63, 3.8) is 0 Å². The van der Waals surface area contributed by atoms with Gasteiger partial charge in [0.1, 0.15) is 13.5 Å². The number of amides is 2. The Hall–Kier alpha value is -1.66. The summed E-state index contributed by atoms with van der Waals surface area (Å²) in [6, 6.07) is 0. The first-order valence-corrected chi connectivity index (χ1v) is 5.61. The maximum absolute atomic E-state index is 10.5. The van der Waals surface area contributed by atoms with Gasteiger partial charge in [0.25, 0.3) is 0 Å². The van der Waals surface area contributed by atoms with E-state index < -0.39 is 0 Å². The number of rotatable bonds is 8. The molecule has 0 aromatic heterocycles. The van der Waals surface area contributed by atoms with Crippen molar-refractivity contribution in [1.29, 1.82) is 0 Å². The summed E-state index contributed by atoms with van der Waals surface area (Å²) in [6.07, 6.45) is 4.46. The van der Waals surface area contributed by atoms with E-state index in [-0.39, 0.29) is 25.3 Å². The summed E-state index contributed by atoms with van der Waals surface area (Å²) in [6.45, 7) is 9.21. The summed E-state index contributed by atoms with van der Waals surface area (Å²) in [5, 5.41) is 12.6. The molecule has 6 heteroatoms. The molecule has 0 saturated heterocycles. The highest BCUT2D eigenvalue weighted by molar-refractivity contribution is 5.86. The summed E-state index contributed by atoms with van der Waals surface area (Å²) in [5.74, 6) is -0.552. The highest BCUT2D eigenvalue weighted by atomic mass is 16.5. The zero-order chi connectivity index (χ0) is 14.2. The van der Waals surface area contributed by atoms with E-state index >= 15 is 0 Å². The zero-order valence-electron chi connectivity index (χ0n) is 10.8. The number of aliphatic hydroxyl groups excluding tert-OH is 1. The van der Waals surface area contributed by atoms with Gasteiger partial charge in [-0.25, -0.2) is 0 Å². The number of hydrogen-bond donors (Lipinski definition) is 3. The third kappa shape index (κ3) is 16.8. The Bertz CT molecular complexity index is 254. The molecule has 0 aliphatic carbocycles. The van der Waals surface area contributed by atoms with E-state index in [0.717, 1.165) is 18.9 Å². The molecule has 0 rings (SSSR count). The molecule has 0 aromatic carbocycles. The number of nitrogens with one attached hydrogen (secondary N) is 2. The van der Waals surface area contributed by atoms with Gasteiger partial charge in [-0.3, -0.25) is 9.59 Å². The van der Waals surface area contributed by atoms with E-state index in [1.807, 2.05) is 0 Å². The van der Waals surface area contributed by atoms with Crippen LogP contribution in [-0.4, -0.2) is 37.0 Å². The first kappa shape index (κ1) is 18.7. The molecule has 18 heavy (non-hydrogen) atoms. The predicted molar refractivity (Wildman–Crippen MR) is 69.5 cm³/mol. The quantitative estimate of drug-likeness (QED) is 0.332. The maximum atomic E-state index is 10.5. The second-order valence-corrected chi connectivity index (χ2v) is 3.05. The van der Waals surface area contributed by atoms with Gasteiger partial charge in [0, 0.05) is 6.61 Å². The van der Waals surface area contributed by atoms with E-state index in [2.05, 4.69) is 30.7 Å². The Morgan fingerprint density at radius 3 is 2.17 bits per heavy atom. The van der Waals surface area contributed by atoms with Gasteiger partial charge in [0.2, 0.25) is 11.8 Å². The lowest BCUT2D eigenvalue weighted by Crippen LogP contribution is -2.23. The van der Waals surface area contributed by atoms with Crippen molar-refractivity contribution in [2.24, 2.45) is 0 Å². The fraction of sp³-hybridized carbons (Fsp3) is 0.500. The number of aliphatic hydroxyl groups is 1. The largest absolute Gasteiger partial charge is 0.376 e. The first-order chi connectivity index (χ1) is 8.62.